The molecule has 1 aliphatic carbocycles. The van der Waals surface area contributed by atoms with Gasteiger partial charge in [-0.2, -0.15) is 0 Å². The molecule has 1 saturated carbocycles. The predicted molar refractivity (Wildman–Crippen MR) is 138 cm³/mol. The van der Waals surface area contributed by atoms with Crippen LogP contribution in [0, 0.1) is 11.7 Å². The van der Waals surface area contributed by atoms with Crippen LogP contribution < -0.4 is 9.47 Å². The third-order valence-electron chi connectivity index (χ3n) is 6.75. The molecule has 2 aromatic carbocycles. The molecular weight excluding hydrogens is 478 g/mol. The van der Waals surface area contributed by atoms with Gasteiger partial charge in [-0.25, -0.2) is 18.4 Å². The second-order valence-electron chi connectivity index (χ2n) is 9.75. The van der Waals surface area contributed by atoms with Gasteiger partial charge in [0.15, 0.2) is 6.17 Å². The molecule has 0 heterocycles. The molecule has 0 spiro atoms. The average molecular weight is 517 g/mol. The van der Waals surface area contributed by atoms with Gasteiger partial charge in [-0.15, -0.1) is 0 Å². The van der Waals surface area contributed by atoms with Gasteiger partial charge in [-0.1, -0.05) is 38.8 Å². The topological polar surface area (TPSA) is 61.8 Å². The highest BCUT2D eigenvalue weighted by atomic mass is 19.1. The molecule has 0 saturated heterocycles. The third kappa shape index (κ3) is 9.13. The smallest absolute Gasteiger partial charge is 0.346 e. The number of ether oxygens (including phenoxy) is 3. The van der Waals surface area contributed by atoms with Crippen molar-refractivity contribution in [2.75, 3.05) is 6.61 Å². The third-order valence-corrected chi connectivity index (χ3v) is 6.75. The minimum atomic E-state index is -1.51. The summed E-state index contributed by atoms with van der Waals surface area (Å²) >= 11 is 0. The van der Waals surface area contributed by atoms with Crippen LogP contribution in [0.2, 0.25) is 0 Å². The van der Waals surface area contributed by atoms with Crippen molar-refractivity contribution >= 4 is 11.9 Å². The van der Waals surface area contributed by atoms with Crippen LogP contribution in [0.3, 0.4) is 0 Å². The lowest BCUT2D eigenvalue weighted by Crippen LogP contribution is -2.29. The highest BCUT2D eigenvalue weighted by Crippen LogP contribution is 2.30. The van der Waals surface area contributed by atoms with E-state index in [1.54, 1.807) is 18.2 Å². The lowest BCUT2D eigenvalue weighted by Gasteiger charge is -2.28. The maximum absolute atomic E-state index is 14.3. The largest absolute Gasteiger partial charge is 0.494 e. The summed E-state index contributed by atoms with van der Waals surface area (Å²) in [6.45, 7) is 4.40. The van der Waals surface area contributed by atoms with Crippen LogP contribution in [-0.4, -0.2) is 30.8 Å². The van der Waals surface area contributed by atoms with Gasteiger partial charge in [-0.3, -0.25) is 0 Å². The number of alkyl halides is 1. The van der Waals surface area contributed by atoms with Crippen molar-refractivity contribution in [3.63, 3.8) is 0 Å². The second kappa shape index (κ2) is 14.7. The molecule has 5 nitrogen and oxygen atoms in total. The Balaban J connectivity index is 1.40. The lowest BCUT2D eigenvalue weighted by atomic mass is 9.83. The molecule has 1 aliphatic rings. The summed E-state index contributed by atoms with van der Waals surface area (Å²) in [5, 5.41) is 0. The summed E-state index contributed by atoms with van der Waals surface area (Å²) in [5.74, 6) is -0.883. The highest BCUT2D eigenvalue weighted by molar-refractivity contribution is 5.91. The number of aryl methyl sites for hydroxylation is 1. The van der Waals surface area contributed by atoms with Crippen LogP contribution >= 0.6 is 0 Å². The van der Waals surface area contributed by atoms with Gasteiger partial charge in [0.2, 0.25) is 0 Å². The Morgan fingerprint density at radius 1 is 0.973 bits per heavy atom. The molecule has 2 aromatic rings. The number of halogens is 2. The lowest BCUT2D eigenvalue weighted by molar-refractivity contribution is -0.157. The minimum absolute atomic E-state index is 0.141. The number of benzene rings is 2. The SMILES string of the molecule is CCCC[C@H](F)C(=O)O[C@H]1CC[C@H](CCc2ccc(OC(=O)c3ccc(OCCC)cc3F)cc2)CC1. The van der Waals surface area contributed by atoms with Crippen molar-refractivity contribution < 1.29 is 32.6 Å². The molecule has 0 N–H and O–H groups in total. The Morgan fingerprint density at radius 3 is 2.32 bits per heavy atom. The van der Waals surface area contributed by atoms with E-state index in [1.807, 2.05) is 26.0 Å². The van der Waals surface area contributed by atoms with Gasteiger partial charge in [0.25, 0.3) is 0 Å². The fraction of sp³-hybridized carbons (Fsp3) is 0.533. The molecular formula is C30H38F2O5. The van der Waals surface area contributed by atoms with Crippen LogP contribution in [0.25, 0.3) is 0 Å². The summed E-state index contributed by atoms with van der Waals surface area (Å²) in [5.41, 5.74) is 0.977. The first-order valence-corrected chi connectivity index (χ1v) is 13.5. The molecule has 0 unspecified atom stereocenters. The average Bonchev–Trinajstić information content (AvgIpc) is 2.90. The summed E-state index contributed by atoms with van der Waals surface area (Å²) in [6.07, 6.45) is 6.22. The Kier molecular flexibility index (Phi) is 11.4. The Bertz CT molecular complexity index is 1000. The zero-order valence-electron chi connectivity index (χ0n) is 21.8. The minimum Gasteiger partial charge on any atom is -0.494 e. The molecule has 7 heteroatoms. The van der Waals surface area contributed by atoms with Crippen LogP contribution in [0.15, 0.2) is 42.5 Å². The molecule has 0 radical (unpaired) electrons. The van der Waals surface area contributed by atoms with Crippen LogP contribution in [0.4, 0.5) is 8.78 Å². The van der Waals surface area contributed by atoms with Gasteiger partial charge in [0.1, 0.15) is 23.4 Å². The van der Waals surface area contributed by atoms with Gasteiger partial charge in [0.05, 0.1) is 12.2 Å². The zero-order valence-corrected chi connectivity index (χ0v) is 21.8. The molecule has 0 bridgehead atoms. The van der Waals surface area contributed by atoms with Gasteiger partial charge < -0.3 is 14.2 Å². The first-order chi connectivity index (χ1) is 17.9. The molecule has 1 atom stereocenters. The number of carbonyl (C=O) groups excluding carboxylic acids is 2. The predicted octanol–water partition coefficient (Wildman–Crippen LogP) is 7.40. The van der Waals surface area contributed by atoms with E-state index in [0.717, 1.165) is 56.9 Å². The second-order valence-corrected chi connectivity index (χ2v) is 9.75. The standard InChI is InChI=1S/C30H38F2O5/c1-3-5-6-27(31)30(34)37-24-15-11-22(12-16-24)8-7-21-9-13-23(14-10-21)36-29(33)26-18-17-25(20-28(26)32)35-19-4-2/h9-10,13-14,17-18,20,22,24,27H,3-8,11-12,15-16,19H2,1-2H3/t22-,24-,27-/m0/s1. The number of unbranched alkanes of at least 4 members (excludes halogenated alkanes) is 1. The Morgan fingerprint density at radius 2 is 1.68 bits per heavy atom. The fourth-order valence-corrected chi connectivity index (χ4v) is 4.51. The Hall–Kier alpha value is -2.96. The first-order valence-electron chi connectivity index (χ1n) is 13.5. The number of rotatable bonds is 13. The fourth-order valence-electron chi connectivity index (χ4n) is 4.51. The summed E-state index contributed by atoms with van der Waals surface area (Å²) in [6, 6.07) is 11.4. The van der Waals surface area contributed by atoms with E-state index in [4.69, 9.17) is 14.2 Å². The number of hydrogen-bond donors (Lipinski definition) is 0. The molecule has 0 aromatic heterocycles. The van der Waals surface area contributed by atoms with E-state index >= 15 is 0 Å². The van der Waals surface area contributed by atoms with E-state index in [-0.39, 0.29) is 18.1 Å². The molecule has 1 fully saturated rings. The van der Waals surface area contributed by atoms with Crippen molar-refractivity contribution in [1.29, 1.82) is 0 Å². The van der Waals surface area contributed by atoms with Crippen molar-refractivity contribution in [3.05, 3.63) is 59.4 Å². The maximum Gasteiger partial charge on any atom is 0.346 e. The molecule has 37 heavy (non-hydrogen) atoms. The van der Waals surface area contributed by atoms with Gasteiger partial charge in [0, 0.05) is 6.07 Å². The molecule has 202 valence electrons. The summed E-state index contributed by atoms with van der Waals surface area (Å²) in [4.78, 5) is 24.3. The van der Waals surface area contributed by atoms with Gasteiger partial charge in [-0.05, 0) is 87.1 Å². The normalized spacial score (nSPS) is 18.2. The van der Waals surface area contributed by atoms with Crippen molar-refractivity contribution in [2.24, 2.45) is 5.92 Å². The van der Waals surface area contributed by atoms with Crippen LogP contribution in [0.5, 0.6) is 11.5 Å². The number of hydrogen-bond acceptors (Lipinski definition) is 5. The van der Waals surface area contributed by atoms with E-state index in [0.29, 0.717) is 30.4 Å². The summed E-state index contributed by atoms with van der Waals surface area (Å²) < 4.78 is 44.3. The molecule has 3 rings (SSSR count). The van der Waals surface area contributed by atoms with E-state index < -0.39 is 23.9 Å². The number of carbonyl (C=O) groups is 2. The number of esters is 2. The zero-order chi connectivity index (χ0) is 26.6. The van der Waals surface area contributed by atoms with Crippen LogP contribution in [0.1, 0.15) is 87.6 Å². The van der Waals surface area contributed by atoms with Crippen molar-refractivity contribution in [3.8, 4) is 11.5 Å². The molecule has 0 amide bonds. The Labute approximate surface area is 218 Å². The highest BCUT2D eigenvalue weighted by Gasteiger charge is 2.27. The quantitative estimate of drug-likeness (QED) is 0.205. The van der Waals surface area contributed by atoms with E-state index in [2.05, 4.69) is 0 Å². The van der Waals surface area contributed by atoms with Crippen molar-refractivity contribution in [2.45, 2.75) is 90.3 Å². The van der Waals surface area contributed by atoms with Crippen LogP contribution in [-0.2, 0) is 16.0 Å². The maximum atomic E-state index is 14.3. The van der Waals surface area contributed by atoms with Crippen molar-refractivity contribution in [1.82, 2.24) is 0 Å². The summed E-state index contributed by atoms with van der Waals surface area (Å²) in [7, 11) is 0. The van der Waals surface area contributed by atoms with Gasteiger partial charge >= 0.3 is 11.9 Å². The monoisotopic (exact) mass is 516 g/mol. The van der Waals surface area contributed by atoms with E-state index in [1.165, 1.54) is 12.1 Å². The first kappa shape index (κ1) is 28.6. The van der Waals surface area contributed by atoms with E-state index in [9.17, 15) is 18.4 Å². The molecule has 0 aliphatic heterocycles.